The molecule has 2 aromatic carbocycles. The predicted molar refractivity (Wildman–Crippen MR) is 87.3 cm³/mol. The highest BCUT2D eigenvalue weighted by Crippen LogP contribution is 2.26. The number of hydrogen-bond donors (Lipinski definition) is 2. The van der Waals surface area contributed by atoms with Gasteiger partial charge in [0.15, 0.2) is 5.76 Å². The Hall–Kier alpha value is -2.79. The van der Waals surface area contributed by atoms with Gasteiger partial charge in [0.2, 0.25) is 0 Å². The lowest BCUT2D eigenvalue weighted by atomic mass is 10.1. The van der Waals surface area contributed by atoms with Crippen molar-refractivity contribution in [2.24, 2.45) is 0 Å². The number of carboxylic acid groups (broad SMARTS) is 1. The Morgan fingerprint density at radius 3 is 2.61 bits per heavy atom. The van der Waals surface area contributed by atoms with E-state index in [9.17, 15) is 9.59 Å². The van der Waals surface area contributed by atoms with Crippen molar-refractivity contribution >= 4 is 40.1 Å². The van der Waals surface area contributed by atoms with Crippen LogP contribution in [0.2, 0.25) is 5.02 Å². The quantitative estimate of drug-likeness (QED) is 0.749. The summed E-state index contributed by atoms with van der Waals surface area (Å²) in [6.45, 7) is 1.80. The van der Waals surface area contributed by atoms with E-state index in [1.54, 1.807) is 13.0 Å². The average molecular weight is 330 g/mol. The standard InChI is InChI=1S/C17H12ClNO4/c1-9-11-4-2-3-5-14(11)23-15(9)16(20)19-10-6-7-13(18)12(8-10)17(21)22/h2-8H,1H3,(H,19,20)(H,21,22). The number of amides is 1. The van der Waals surface area contributed by atoms with E-state index in [2.05, 4.69) is 5.32 Å². The number of carbonyl (C=O) groups excluding carboxylic acids is 1. The van der Waals surface area contributed by atoms with Crippen molar-refractivity contribution in [3.05, 3.63) is 64.4 Å². The lowest BCUT2D eigenvalue weighted by Gasteiger charge is -2.06. The molecule has 0 saturated heterocycles. The first kappa shape index (κ1) is 15.1. The zero-order valence-electron chi connectivity index (χ0n) is 12.1. The van der Waals surface area contributed by atoms with E-state index in [1.165, 1.54) is 18.2 Å². The third kappa shape index (κ3) is 2.78. The number of halogens is 1. The maximum absolute atomic E-state index is 12.4. The molecule has 3 aromatic rings. The normalized spacial score (nSPS) is 10.7. The molecule has 23 heavy (non-hydrogen) atoms. The maximum Gasteiger partial charge on any atom is 0.337 e. The number of carboxylic acids is 1. The highest BCUT2D eigenvalue weighted by molar-refractivity contribution is 6.33. The molecule has 1 aromatic heterocycles. The van der Waals surface area contributed by atoms with Gasteiger partial charge in [0.05, 0.1) is 10.6 Å². The number of hydrogen-bond acceptors (Lipinski definition) is 3. The van der Waals surface area contributed by atoms with Crippen LogP contribution in [0.3, 0.4) is 0 Å². The molecule has 3 rings (SSSR count). The Labute approximate surface area is 136 Å². The van der Waals surface area contributed by atoms with Crippen LogP contribution < -0.4 is 5.32 Å². The highest BCUT2D eigenvalue weighted by Gasteiger charge is 2.18. The van der Waals surface area contributed by atoms with Gasteiger partial charge in [-0.3, -0.25) is 4.79 Å². The minimum absolute atomic E-state index is 0.0780. The number of rotatable bonds is 3. The molecule has 0 fully saturated rings. The number of aryl methyl sites for hydroxylation is 1. The second kappa shape index (κ2) is 5.78. The SMILES string of the molecule is Cc1c(C(=O)Nc2ccc(Cl)c(C(=O)O)c2)oc2ccccc12. The van der Waals surface area contributed by atoms with Crippen LogP contribution in [-0.2, 0) is 0 Å². The highest BCUT2D eigenvalue weighted by atomic mass is 35.5. The van der Waals surface area contributed by atoms with Crippen molar-refractivity contribution in [1.82, 2.24) is 0 Å². The molecule has 0 atom stereocenters. The topological polar surface area (TPSA) is 79.5 Å². The molecule has 0 radical (unpaired) electrons. The lowest BCUT2D eigenvalue weighted by molar-refractivity contribution is 0.0696. The number of para-hydroxylation sites is 1. The summed E-state index contributed by atoms with van der Waals surface area (Å²) >= 11 is 5.81. The van der Waals surface area contributed by atoms with Crippen LogP contribution in [0.5, 0.6) is 0 Å². The van der Waals surface area contributed by atoms with Crippen LogP contribution in [0.15, 0.2) is 46.9 Å². The number of benzene rings is 2. The molecular formula is C17H12ClNO4. The van der Waals surface area contributed by atoms with E-state index in [0.29, 0.717) is 11.3 Å². The third-order valence-electron chi connectivity index (χ3n) is 3.50. The number of nitrogens with one attached hydrogen (secondary N) is 1. The number of anilines is 1. The monoisotopic (exact) mass is 329 g/mol. The summed E-state index contributed by atoms with van der Waals surface area (Å²) in [5.41, 5.74) is 1.60. The Bertz CT molecular complexity index is 929. The van der Waals surface area contributed by atoms with Crippen LogP contribution in [-0.4, -0.2) is 17.0 Å². The largest absolute Gasteiger partial charge is 0.478 e. The van der Waals surface area contributed by atoms with E-state index in [1.807, 2.05) is 18.2 Å². The Morgan fingerprint density at radius 1 is 1.17 bits per heavy atom. The molecule has 0 bridgehead atoms. The summed E-state index contributed by atoms with van der Waals surface area (Å²) < 4.78 is 5.58. The first-order chi connectivity index (χ1) is 11.0. The van der Waals surface area contributed by atoms with Crippen LogP contribution in [0.1, 0.15) is 26.5 Å². The summed E-state index contributed by atoms with van der Waals surface area (Å²) in [5.74, 6) is -1.42. The van der Waals surface area contributed by atoms with E-state index in [0.717, 1.165) is 10.9 Å². The van der Waals surface area contributed by atoms with Gasteiger partial charge in [0, 0.05) is 16.6 Å². The molecule has 116 valence electrons. The summed E-state index contributed by atoms with van der Waals surface area (Å²) in [7, 11) is 0. The first-order valence-electron chi connectivity index (χ1n) is 6.79. The van der Waals surface area contributed by atoms with Crippen molar-refractivity contribution in [2.75, 3.05) is 5.32 Å². The zero-order valence-corrected chi connectivity index (χ0v) is 12.8. The fourth-order valence-corrected chi connectivity index (χ4v) is 2.54. The molecule has 0 aliphatic heterocycles. The molecule has 0 aliphatic rings. The van der Waals surface area contributed by atoms with Gasteiger partial charge in [-0.1, -0.05) is 29.8 Å². The van der Waals surface area contributed by atoms with Crippen LogP contribution in [0.25, 0.3) is 11.0 Å². The third-order valence-corrected chi connectivity index (χ3v) is 3.83. The number of furan rings is 1. The van der Waals surface area contributed by atoms with Crippen molar-refractivity contribution in [1.29, 1.82) is 0 Å². The average Bonchev–Trinajstić information content (AvgIpc) is 2.86. The molecular weight excluding hydrogens is 318 g/mol. The van der Waals surface area contributed by atoms with Crippen molar-refractivity contribution in [3.63, 3.8) is 0 Å². The van der Waals surface area contributed by atoms with E-state index >= 15 is 0 Å². The molecule has 2 N–H and O–H groups in total. The van der Waals surface area contributed by atoms with Crippen LogP contribution in [0.4, 0.5) is 5.69 Å². The van der Waals surface area contributed by atoms with Gasteiger partial charge in [-0.05, 0) is 31.2 Å². The smallest absolute Gasteiger partial charge is 0.337 e. The van der Waals surface area contributed by atoms with Gasteiger partial charge < -0.3 is 14.8 Å². The van der Waals surface area contributed by atoms with Crippen molar-refractivity contribution in [2.45, 2.75) is 6.92 Å². The van der Waals surface area contributed by atoms with E-state index < -0.39 is 11.9 Å². The zero-order chi connectivity index (χ0) is 16.6. The minimum Gasteiger partial charge on any atom is -0.478 e. The predicted octanol–water partition coefficient (Wildman–Crippen LogP) is 4.35. The van der Waals surface area contributed by atoms with Crippen molar-refractivity contribution in [3.8, 4) is 0 Å². The Morgan fingerprint density at radius 2 is 1.91 bits per heavy atom. The summed E-state index contributed by atoms with van der Waals surface area (Å²) in [6.07, 6.45) is 0. The molecule has 0 aliphatic carbocycles. The Kier molecular flexibility index (Phi) is 3.80. The number of carbonyl (C=O) groups is 2. The fraction of sp³-hybridized carbons (Fsp3) is 0.0588. The number of aromatic carboxylic acids is 1. The molecule has 1 heterocycles. The van der Waals surface area contributed by atoms with Gasteiger partial charge in [-0.25, -0.2) is 4.79 Å². The van der Waals surface area contributed by atoms with Crippen LogP contribution in [0, 0.1) is 6.92 Å². The lowest BCUT2D eigenvalue weighted by Crippen LogP contribution is -2.12. The maximum atomic E-state index is 12.4. The molecule has 5 nitrogen and oxygen atoms in total. The molecule has 6 heteroatoms. The Balaban J connectivity index is 1.93. The molecule has 0 unspecified atom stereocenters. The van der Waals surface area contributed by atoms with Crippen LogP contribution >= 0.6 is 11.6 Å². The number of fused-ring (bicyclic) bond motifs is 1. The summed E-state index contributed by atoms with van der Waals surface area (Å²) in [5, 5.41) is 12.7. The molecule has 0 saturated carbocycles. The second-order valence-electron chi connectivity index (χ2n) is 5.01. The van der Waals surface area contributed by atoms with Crippen molar-refractivity contribution < 1.29 is 19.1 Å². The van der Waals surface area contributed by atoms with E-state index in [4.69, 9.17) is 21.1 Å². The van der Waals surface area contributed by atoms with Gasteiger partial charge in [-0.15, -0.1) is 0 Å². The molecule has 0 spiro atoms. The second-order valence-corrected chi connectivity index (χ2v) is 5.41. The van der Waals surface area contributed by atoms with Gasteiger partial charge in [0.25, 0.3) is 5.91 Å². The molecule has 1 amide bonds. The summed E-state index contributed by atoms with van der Waals surface area (Å²) in [6, 6.07) is 11.6. The van der Waals surface area contributed by atoms with E-state index in [-0.39, 0.29) is 16.3 Å². The van der Waals surface area contributed by atoms with Gasteiger partial charge in [0.1, 0.15) is 5.58 Å². The minimum atomic E-state index is -1.16. The van der Waals surface area contributed by atoms with Gasteiger partial charge >= 0.3 is 5.97 Å². The summed E-state index contributed by atoms with van der Waals surface area (Å²) in [4.78, 5) is 23.5. The fourth-order valence-electron chi connectivity index (χ4n) is 2.35. The van der Waals surface area contributed by atoms with Gasteiger partial charge in [-0.2, -0.15) is 0 Å². The first-order valence-corrected chi connectivity index (χ1v) is 7.17.